The molecule has 0 saturated heterocycles. The molecule has 1 atom stereocenters. The number of nitrogens with one attached hydrogen (secondary N) is 1. The molecule has 0 heterocycles. The second-order valence-corrected chi connectivity index (χ2v) is 4.67. The van der Waals surface area contributed by atoms with Crippen LogP contribution in [0.15, 0.2) is 30.3 Å². The van der Waals surface area contributed by atoms with E-state index in [-0.39, 0.29) is 18.4 Å². The van der Waals surface area contributed by atoms with Gasteiger partial charge in [0.2, 0.25) is 0 Å². The Morgan fingerprint density at radius 2 is 2.15 bits per heavy atom. The Morgan fingerprint density at radius 3 is 2.80 bits per heavy atom. The summed E-state index contributed by atoms with van der Waals surface area (Å²) < 4.78 is 5.21. The van der Waals surface area contributed by atoms with Gasteiger partial charge in [-0.3, -0.25) is 4.79 Å². The number of benzene rings is 1. The van der Waals surface area contributed by atoms with Gasteiger partial charge in [0.15, 0.2) is 0 Å². The van der Waals surface area contributed by atoms with Crippen molar-refractivity contribution in [2.24, 2.45) is 0 Å². The van der Waals surface area contributed by atoms with Gasteiger partial charge in [-0.15, -0.1) is 0 Å². The van der Waals surface area contributed by atoms with E-state index in [1.54, 1.807) is 0 Å². The van der Waals surface area contributed by atoms with Crippen molar-refractivity contribution in [2.75, 3.05) is 19.7 Å². The zero-order valence-electron chi connectivity index (χ0n) is 12.0. The van der Waals surface area contributed by atoms with Crippen molar-refractivity contribution in [3.05, 3.63) is 35.9 Å². The molecule has 1 N–H and O–H groups in total. The maximum atomic E-state index is 11.8. The highest BCUT2D eigenvalue weighted by molar-refractivity contribution is 5.70. The van der Waals surface area contributed by atoms with Crippen molar-refractivity contribution in [1.82, 2.24) is 5.32 Å². The molecule has 1 aromatic rings. The standard InChI is InChI=1S/C16H22N2O2/c1-2-3-11-20-16(19)12-15(13-18-10-9-17)14-7-5-4-6-8-14/h4-8,15,18H,2-3,10-13H2,1H3. The minimum absolute atomic E-state index is 0.0404. The van der Waals surface area contributed by atoms with Crippen LogP contribution in [0.2, 0.25) is 0 Å². The Balaban J connectivity index is 2.54. The van der Waals surface area contributed by atoms with Gasteiger partial charge in [-0.25, -0.2) is 0 Å². The maximum absolute atomic E-state index is 11.8. The van der Waals surface area contributed by atoms with Crippen LogP contribution in [0, 0.1) is 11.3 Å². The fourth-order valence-electron chi connectivity index (χ4n) is 1.93. The van der Waals surface area contributed by atoms with E-state index in [0.717, 1.165) is 18.4 Å². The van der Waals surface area contributed by atoms with Crippen molar-refractivity contribution in [2.45, 2.75) is 32.1 Å². The first-order valence-electron chi connectivity index (χ1n) is 7.06. The molecule has 1 aromatic carbocycles. The molecular formula is C16H22N2O2. The van der Waals surface area contributed by atoms with Gasteiger partial charge in [0, 0.05) is 12.5 Å². The van der Waals surface area contributed by atoms with Crippen LogP contribution >= 0.6 is 0 Å². The van der Waals surface area contributed by atoms with E-state index in [4.69, 9.17) is 10.00 Å². The summed E-state index contributed by atoms with van der Waals surface area (Å²) in [6, 6.07) is 11.9. The first-order chi connectivity index (χ1) is 9.77. The van der Waals surface area contributed by atoms with Gasteiger partial charge < -0.3 is 10.1 Å². The SMILES string of the molecule is CCCCOC(=O)CC(CNCC#N)c1ccccc1. The monoisotopic (exact) mass is 274 g/mol. The van der Waals surface area contributed by atoms with Crippen molar-refractivity contribution in [3.63, 3.8) is 0 Å². The summed E-state index contributed by atoms with van der Waals surface area (Å²) in [6.45, 7) is 3.43. The normalized spacial score (nSPS) is 11.6. The largest absolute Gasteiger partial charge is 0.466 e. The second kappa shape index (κ2) is 9.99. The Kier molecular flexibility index (Phi) is 8.09. The molecule has 0 aliphatic heterocycles. The van der Waals surface area contributed by atoms with E-state index in [9.17, 15) is 4.79 Å². The second-order valence-electron chi connectivity index (χ2n) is 4.67. The predicted molar refractivity (Wildman–Crippen MR) is 78.1 cm³/mol. The van der Waals surface area contributed by atoms with Crippen molar-refractivity contribution in [1.29, 1.82) is 5.26 Å². The highest BCUT2D eigenvalue weighted by atomic mass is 16.5. The molecule has 0 saturated carbocycles. The summed E-state index contributed by atoms with van der Waals surface area (Å²) >= 11 is 0. The van der Waals surface area contributed by atoms with Crippen LogP contribution in [0.1, 0.15) is 37.7 Å². The van der Waals surface area contributed by atoms with Crippen LogP contribution in [0.4, 0.5) is 0 Å². The Morgan fingerprint density at radius 1 is 1.40 bits per heavy atom. The van der Waals surface area contributed by atoms with Gasteiger partial charge in [0.05, 0.1) is 25.6 Å². The van der Waals surface area contributed by atoms with Crippen molar-refractivity contribution < 1.29 is 9.53 Å². The smallest absolute Gasteiger partial charge is 0.306 e. The Bertz CT molecular complexity index is 426. The summed E-state index contributed by atoms with van der Waals surface area (Å²) in [7, 11) is 0. The number of nitrogens with zero attached hydrogens (tertiary/aromatic N) is 1. The van der Waals surface area contributed by atoms with Crippen LogP contribution in [-0.4, -0.2) is 25.7 Å². The number of rotatable bonds is 9. The molecular weight excluding hydrogens is 252 g/mol. The minimum Gasteiger partial charge on any atom is -0.466 e. The third-order valence-electron chi connectivity index (χ3n) is 3.04. The van der Waals surface area contributed by atoms with E-state index in [1.807, 2.05) is 36.4 Å². The van der Waals surface area contributed by atoms with E-state index < -0.39 is 0 Å². The molecule has 4 nitrogen and oxygen atoms in total. The highest BCUT2D eigenvalue weighted by Crippen LogP contribution is 2.19. The molecule has 108 valence electrons. The first kappa shape index (κ1) is 16.2. The molecule has 0 aliphatic rings. The number of ether oxygens (including phenoxy) is 1. The van der Waals surface area contributed by atoms with Crippen molar-refractivity contribution in [3.8, 4) is 6.07 Å². The van der Waals surface area contributed by atoms with Gasteiger partial charge in [0.25, 0.3) is 0 Å². The van der Waals surface area contributed by atoms with Gasteiger partial charge in [0.1, 0.15) is 0 Å². The zero-order chi connectivity index (χ0) is 14.6. The quantitative estimate of drug-likeness (QED) is 0.427. The molecule has 0 aromatic heterocycles. The van der Waals surface area contributed by atoms with Crippen LogP contribution in [0.25, 0.3) is 0 Å². The molecule has 0 fully saturated rings. The number of unbranched alkanes of at least 4 members (excludes halogenated alkanes) is 1. The summed E-state index contributed by atoms with van der Waals surface area (Å²) in [6.07, 6.45) is 2.25. The van der Waals surface area contributed by atoms with E-state index in [2.05, 4.69) is 12.2 Å². The van der Waals surface area contributed by atoms with Crippen LogP contribution < -0.4 is 5.32 Å². The van der Waals surface area contributed by atoms with Crippen LogP contribution in [0.5, 0.6) is 0 Å². The molecule has 20 heavy (non-hydrogen) atoms. The number of hydrogen-bond donors (Lipinski definition) is 1. The predicted octanol–water partition coefficient (Wildman–Crippen LogP) is 2.62. The zero-order valence-corrected chi connectivity index (χ0v) is 12.0. The fourth-order valence-corrected chi connectivity index (χ4v) is 1.93. The summed E-state index contributed by atoms with van der Waals surface area (Å²) in [4.78, 5) is 11.8. The molecule has 1 rings (SSSR count). The topological polar surface area (TPSA) is 62.1 Å². The summed E-state index contributed by atoms with van der Waals surface area (Å²) in [5, 5.41) is 11.6. The van der Waals surface area contributed by atoms with Gasteiger partial charge in [-0.1, -0.05) is 43.7 Å². The third kappa shape index (κ3) is 6.35. The van der Waals surface area contributed by atoms with Gasteiger partial charge in [-0.2, -0.15) is 5.26 Å². The Hall–Kier alpha value is -1.86. The molecule has 4 heteroatoms. The number of nitriles is 1. The van der Waals surface area contributed by atoms with Crippen LogP contribution in [0.3, 0.4) is 0 Å². The van der Waals surface area contributed by atoms with E-state index >= 15 is 0 Å². The lowest BCUT2D eigenvalue weighted by Gasteiger charge is -2.16. The van der Waals surface area contributed by atoms with Crippen LogP contribution in [-0.2, 0) is 9.53 Å². The van der Waals surface area contributed by atoms with Gasteiger partial charge in [-0.05, 0) is 12.0 Å². The molecule has 0 bridgehead atoms. The first-order valence-corrected chi connectivity index (χ1v) is 7.06. The number of carbonyl (C=O) groups excluding carboxylic acids is 1. The molecule has 1 unspecified atom stereocenters. The maximum Gasteiger partial charge on any atom is 0.306 e. The lowest BCUT2D eigenvalue weighted by molar-refractivity contribution is -0.144. The van der Waals surface area contributed by atoms with E-state index in [0.29, 0.717) is 19.6 Å². The van der Waals surface area contributed by atoms with E-state index in [1.165, 1.54) is 0 Å². The lowest BCUT2D eigenvalue weighted by Crippen LogP contribution is -2.24. The average molecular weight is 274 g/mol. The minimum atomic E-state index is -0.175. The summed E-state index contributed by atoms with van der Waals surface area (Å²) in [5.41, 5.74) is 1.09. The van der Waals surface area contributed by atoms with Crippen molar-refractivity contribution >= 4 is 5.97 Å². The number of carbonyl (C=O) groups is 1. The summed E-state index contributed by atoms with van der Waals surface area (Å²) in [5.74, 6) is -0.135. The molecule has 0 aliphatic carbocycles. The Labute approximate surface area is 120 Å². The fraction of sp³-hybridized carbons (Fsp3) is 0.500. The molecule has 0 spiro atoms. The number of hydrogen-bond acceptors (Lipinski definition) is 4. The van der Waals surface area contributed by atoms with Gasteiger partial charge >= 0.3 is 5.97 Å². The number of esters is 1. The average Bonchev–Trinajstić information content (AvgIpc) is 2.47. The third-order valence-corrected chi connectivity index (χ3v) is 3.04. The molecule has 0 radical (unpaired) electrons. The lowest BCUT2D eigenvalue weighted by atomic mass is 9.95. The highest BCUT2D eigenvalue weighted by Gasteiger charge is 2.16. The molecule has 0 amide bonds.